The van der Waals surface area contributed by atoms with Crippen molar-refractivity contribution in [1.82, 2.24) is 4.90 Å². The quantitative estimate of drug-likeness (QED) is 0.326. The van der Waals surface area contributed by atoms with Crippen molar-refractivity contribution in [2.45, 2.75) is 26.3 Å². The number of benzene rings is 1. The van der Waals surface area contributed by atoms with Crippen LogP contribution in [0.4, 0.5) is 5.69 Å². The Morgan fingerprint density at radius 2 is 2.12 bits per heavy atom. The maximum Gasteiger partial charge on any atom is 0.326 e. The molecule has 1 fully saturated rings. The summed E-state index contributed by atoms with van der Waals surface area (Å²) in [6, 6.07) is 2.34. The fraction of sp³-hybridized carbons (Fsp3) is 0.312. The van der Waals surface area contributed by atoms with Crippen molar-refractivity contribution in [3.05, 3.63) is 38.8 Å². The van der Waals surface area contributed by atoms with Gasteiger partial charge in [-0.3, -0.25) is 19.8 Å². The van der Waals surface area contributed by atoms with E-state index in [9.17, 15) is 29.9 Å². The number of nitro benzene ring substituents is 1. The van der Waals surface area contributed by atoms with Crippen molar-refractivity contribution in [1.29, 1.82) is 0 Å². The average molecular weight is 396 g/mol. The van der Waals surface area contributed by atoms with Gasteiger partial charge in [-0.15, -0.1) is 0 Å². The van der Waals surface area contributed by atoms with Crippen LogP contribution < -0.4 is 0 Å². The molecule has 26 heavy (non-hydrogen) atoms. The number of phenolic OH excluding ortho intramolecular Hbond substituents is 1. The highest BCUT2D eigenvalue weighted by Crippen LogP contribution is 2.37. The number of amides is 1. The van der Waals surface area contributed by atoms with Gasteiger partial charge in [0.1, 0.15) is 16.1 Å². The number of carboxylic acids is 1. The normalized spacial score (nSPS) is 17.2. The Morgan fingerprint density at radius 3 is 2.65 bits per heavy atom. The summed E-state index contributed by atoms with van der Waals surface area (Å²) < 4.78 is 0.0965. The summed E-state index contributed by atoms with van der Waals surface area (Å²) in [5.41, 5.74) is -0.164. The Bertz CT molecular complexity index is 821. The number of carbonyl (C=O) groups is 2. The molecular weight excluding hydrogens is 380 g/mol. The van der Waals surface area contributed by atoms with Crippen molar-refractivity contribution < 1.29 is 24.7 Å². The molecule has 1 unspecified atom stereocenters. The topological polar surface area (TPSA) is 121 Å². The predicted octanol–water partition coefficient (Wildman–Crippen LogP) is 3.00. The fourth-order valence-corrected chi connectivity index (χ4v) is 3.77. The number of carboxylic acid groups (broad SMARTS) is 1. The number of aliphatic carboxylic acids is 1. The molecule has 1 aliphatic rings. The van der Waals surface area contributed by atoms with Gasteiger partial charge in [0, 0.05) is 17.7 Å². The molecule has 0 aliphatic carbocycles. The Hall–Kier alpha value is -2.46. The maximum absolute atomic E-state index is 12.6. The lowest BCUT2D eigenvalue weighted by Gasteiger charge is -2.24. The van der Waals surface area contributed by atoms with Gasteiger partial charge < -0.3 is 10.2 Å². The van der Waals surface area contributed by atoms with Crippen LogP contribution >= 0.6 is 24.0 Å². The number of rotatable bonds is 6. The Morgan fingerprint density at radius 1 is 1.46 bits per heavy atom. The van der Waals surface area contributed by atoms with E-state index >= 15 is 0 Å². The molecule has 1 saturated heterocycles. The van der Waals surface area contributed by atoms with Crippen molar-refractivity contribution in [3.8, 4) is 5.75 Å². The summed E-state index contributed by atoms with van der Waals surface area (Å²) in [7, 11) is 0. The van der Waals surface area contributed by atoms with E-state index in [1.807, 2.05) is 13.8 Å². The van der Waals surface area contributed by atoms with Gasteiger partial charge in [-0.1, -0.05) is 37.8 Å². The third kappa shape index (κ3) is 4.20. The number of phenols is 1. The number of aromatic hydroxyl groups is 1. The summed E-state index contributed by atoms with van der Waals surface area (Å²) in [6.45, 7) is 3.68. The monoisotopic (exact) mass is 396 g/mol. The number of thioether (sulfide) groups is 1. The van der Waals surface area contributed by atoms with Crippen molar-refractivity contribution in [2.75, 3.05) is 0 Å². The smallest absolute Gasteiger partial charge is 0.326 e. The zero-order valence-electron chi connectivity index (χ0n) is 13.9. The average Bonchev–Trinajstić information content (AvgIpc) is 2.80. The zero-order valence-corrected chi connectivity index (χ0v) is 15.5. The number of nitro groups is 1. The molecule has 0 spiro atoms. The first kappa shape index (κ1) is 19.9. The lowest BCUT2D eigenvalue weighted by molar-refractivity contribution is -0.384. The van der Waals surface area contributed by atoms with Crippen LogP contribution in [-0.2, 0) is 9.59 Å². The van der Waals surface area contributed by atoms with E-state index in [1.165, 1.54) is 6.08 Å². The molecule has 0 saturated carbocycles. The molecule has 1 atom stereocenters. The molecule has 1 heterocycles. The molecule has 2 rings (SSSR count). The lowest BCUT2D eigenvalue weighted by Crippen LogP contribution is -2.44. The van der Waals surface area contributed by atoms with Crippen LogP contribution in [0.3, 0.4) is 0 Å². The molecule has 0 bridgehead atoms. The molecule has 1 aromatic rings. The first-order chi connectivity index (χ1) is 12.1. The Balaban J connectivity index is 2.39. The first-order valence-corrected chi connectivity index (χ1v) is 8.81. The largest absolute Gasteiger partial charge is 0.507 e. The minimum absolute atomic E-state index is 0.0329. The summed E-state index contributed by atoms with van der Waals surface area (Å²) in [5, 5.41) is 30.2. The van der Waals surface area contributed by atoms with E-state index in [-0.39, 0.29) is 38.6 Å². The molecule has 10 heteroatoms. The van der Waals surface area contributed by atoms with Gasteiger partial charge in [-0.05, 0) is 24.5 Å². The van der Waals surface area contributed by atoms with E-state index in [1.54, 1.807) is 0 Å². The van der Waals surface area contributed by atoms with E-state index < -0.39 is 22.8 Å². The van der Waals surface area contributed by atoms with Gasteiger partial charge in [0.25, 0.3) is 11.6 Å². The highest BCUT2D eigenvalue weighted by atomic mass is 32.2. The number of carbonyl (C=O) groups excluding carboxylic acids is 1. The van der Waals surface area contributed by atoms with E-state index in [0.29, 0.717) is 0 Å². The van der Waals surface area contributed by atoms with Crippen LogP contribution in [0.1, 0.15) is 25.8 Å². The van der Waals surface area contributed by atoms with E-state index in [2.05, 4.69) is 0 Å². The standard InChI is InChI=1S/C16H16N2O6S2/c1-8(2)5-11(15(21)22)17-14(20)13(26-16(17)25)7-9-6-10(18(23)24)3-4-12(9)19/h3-4,6-8,11,19H,5H2,1-2H3,(H,21,22)/b13-7-. The number of non-ortho nitro benzene ring substituents is 1. The van der Waals surface area contributed by atoms with Crippen LogP contribution in [-0.4, -0.2) is 42.3 Å². The van der Waals surface area contributed by atoms with Crippen molar-refractivity contribution in [2.24, 2.45) is 5.92 Å². The number of thiocarbonyl (C=S) groups is 1. The Kier molecular flexibility index (Phi) is 5.98. The molecular formula is C16H16N2O6S2. The number of hydrogen-bond donors (Lipinski definition) is 2. The van der Waals surface area contributed by atoms with Crippen molar-refractivity contribution in [3.63, 3.8) is 0 Å². The summed E-state index contributed by atoms with van der Waals surface area (Å²) >= 11 is 6.05. The van der Waals surface area contributed by atoms with Gasteiger partial charge in [0.15, 0.2) is 0 Å². The molecule has 0 aromatic heterocycles. The molecule has 1 aromatic carbocycles. The minimum atomic E-state index is -1.16. The van der Waals surface area contributed by atoms with Crippen LogP contribution in [0.2, 0.25) is 0 Å². The summed E-state index contributed by atoms with van der Waals surface area (Å²) in [4.78, 5) is 35.6. The number of nitrogens with zero attached hydrogens (tertiary/aromatic N) is 2. The molecule has 138 valence electrons. The third-order valence-corrected chi connectivity index (χ3v) is 4.95. The fourth-order valence-electron chi connectivity index (χ4n) is 2.42. The van der Waals surface area contributed by atoms with Gasteiger partial charge in [0.2, 0.25) is 0 Å². The molecule has 2 N–H and O–H groups in total. The van der Waals surface area contributed by atoms with Crippen LogP contribution in [0.15, 0.2) is 23.1 Å². The van der Waals surface area contributed by atoms with E-state index in [4.69, 9.17) is 12.2 Å². The predicted molar refractivity (Wildman–Crippen MR) is 101 cm³/mol. The van der Waals surface area contributed by atoms with Crippen molar-refractivity contribution >= 4 is 51.9 Å². The van der Waals surface area contributed by atoms with Gasteiger partial charge in [0.05, 0.1) is 9.83 Å². The van der Waals surface area contributed by atoms with Crippen LogP contribution in [0.5, 0.6) is 5.75 Å². The highest BCUT2D eigenvalue weighted by molar-refractivity contribution is 8.26. The summed E-state index contributed by atoms with van der Waals surface area (Å²) in [6.07, 6.45) is 1.51. The zero-order chi connectivity index (χ0) is 19.6. The van der Waals surface area contributed by atoms with Gasteiger partial charge in [-0.2, -0.15) is 0 Å². The third-order valence-electron chi connectivity index (χ3n) is 3.62. The Labute approximate surface area is 158 Å². The van der Waals surface area contributed by atoms with E-state index in [0.717, 1.165) is 34.9 Å². The molecule has 8 nitrogen and oxygen atoms in total. The lowest BCUT2D eigenvalue weighted by atomic mass is 10.0. The van der Waals surface area contributed by atoms with Gasteiger partial charge >= 0.3 is 5.97 Å². The van der Waals surface area contributed by atoms with Crippen LogP contribution in [0, 0.1) is 16.0 Å². The highest BCUT2D eigenvalue weighted by Gasteiger charge is 2.40. The SMILES string of the molecule is CC(C)CC(C(=O)O)N1C(=O)/C(=C/c2cc([N+](=O)[O-])ccc2O)SC1=S. The van der Waals surface area contributed by atoms with Crippen LogP contribution in [0.25, 0.3) is 6.08 Å². The summed E-state index contributed by atoms with van der Waals surface area (Å²) in [5.74, 6) is -1.96. The second-order valence-corrected chi connectivity index (χ2v) is 7.71. The minimum Gasteiger partial charge on any atom is -0.507 e. The number of hydrogen-bond acceptors (Lipinski definition) is 7. The maximum atomic E-state index is 12.6. The molecule has 1 amide bonds. The molecule has 1 aliphatic heterocycles. The van der Waals surface area contributed by atoms with Gasteiger partial charge in [-0.25, -0.2) is 4.79 Å². The second-order valence-electron chi connectivity index (χ2n) is 6.04. The molecule has 0 radical (unpaired) electrons. The second kappa shape index (κ2) is 7.83. The first-order valence-electron chi connectivity index (χ1n) is 7.59.